The Balaban J connectivity index is 1.49. The second kappa shape index (κ2) is 22.8. The molecule has 0 spiro atoms. The van der Waals surface area contributed by atoms with Gasteiger partial charge in [-0.2, -0.15) is 21.4 Å². The molecule has 364 valence electrons. The van der Waals surface area contributed by atoms with Gasteiger partial charge in [-0.3, -0.25) is 13.9 Å². The maximum atomic E-state index is 12.2. The molecule has 0 atom stereocenters. The van der Waals surface area contributed by atoms with E-state index in [1.54, 1.807) is 6.07 Å². The number of hydrogen-bond donors (Lipinski definition) is 4. The first-order valence-electron chi connectivity index (χ1n) is 23.3. The van der Waals surface area contributed by atoms with Gasteiger partial charge < -0.3 is 19.9 Å². The van der Waals surface area contributed by atoms with Gasteiger partial charge in [0, 0.05) is 71.9 Å². The van der Waals surface area contributed by atoms with E-state index in [0.29, 0.717) is 37.9 Å². The van der Waals surface area contributed by atoms with Crippen LogP contribution < -0.4 is 10.2 Å². The second-order valence-corrected chi connectivity index (χ2v) is 23.3. The van der Waals surface area contributed by atoms with Crippen molar-refractivity contribution in [2.24, 2.45) is 0 Å². The number of unbranched alkanes of at least 4 members (excludes halogenated alkanes) is 9. The first kappa shape index (κ1) is 52.8. The number of rotatable bonds is 26. The number of carbonyl (C=O) groups is 1. The van der Waals surface area contributed by atoms with Gasteiger partial charge >= 0.3 is 5.97 Å². The Bertz CT molecular complexity index is 2570. The normalized spacial score (nSPS) is 18.5. The van der Waals surface area contributed by atoms with Gasteiger partial charge in [0.15, 0.2) is 5.71 Å². The standard InChI is InChI=1S/C49H69N3O11S3/c1-48(2)40-22-12-13-23-42(40)51(32-15-17-34-64(55,56)57)44(48)29-25-37-20-19-21-38(47(37)50-31-14-10-8-6-5-7-9-11-24-46(53)54)26-30-45-49(3,4)41-36-39(66(61,62)63)27-28-43(41)52(45)33-16-18-35-65(58,59)60/h12-13,22-23,25-30,36H,5-11,14-21,24,31-35H2,1-4H3,(H4,53,54,55,56,57,58,59,60,61,62,63)/b38-26+,45-30+. The summed E-state index contributed by atoms with van der Waals surface area (Å²) in [5, 5.41) is 12.7. The molecule has 17 heteroatoms. The summed E-state index contributed by atoms with van der Waals surface area (Å²) in [4.78, 5) is 12.7. The van der Waals surface area contributed by atoms with Crippen molar-refractivity contribution in [1.29, 1.82) is 0 Å². The first-order valence-corrected chi connectivity index (χ1v) is 27.9. The average molecular weight is 972 g/mol. The number of carboxylic acids is 1. The van der Waals surface area contributed by atoms with E-state index in [-0.39, 0.29) is 35.3 Å². The number of aliphatic carboxylic acids is 1. The number of fused-ring (bicyclic) bond motifs is 2. The maximum absolute atomic E-state index is 12.2. The molecule has 66 heavy (non-hydrogen) atoms. The van der Waals surface area contributed by atoms with Crippen molar-refractivity contribution in [2.75, 3.05) is 36.0 Å². The Morgan fingerprint density at radius 2 is 1.44 bits per heavy atom. The van der Waals surface area contributed by atoms with Crippen molar-refractivity contribution < 1.29 is 53.4 Å². The minimum absolute atomic E-state index is 0.213. The minimum Gasteiger partial charge on any atom is -0.748 e. The summed E-state index contributed by atoms with van der Waals surface area (Å²) in [6.07, 6.45) is 20.7. The molecule has 0 saturated heterocycles. The van der Waals surface area contributed by atoms with Gasteiger partial charge in [0.05, 0.1) is 26.2 Å². The lowest BCUT2D eigenvalue weighted by Crippen LogP contribution is -2.28. The van der Waals surface area contributed by atoms with Crippen molar-refractivity contribution in [3.63, 3.8) is 0 Å². The average Bonchev–Trinajstić information content (AvgIpc) is 3.58. The van der Waals surface area contributed by atoms with Gasteiger partial charge in [-0.05, 0) is 106 Å². The quantitative estimate of drug-likeness (QED) is 0.0393. The highest BCUT2D eigenvalue weighted by Crippen LogP contribution is 2.49. The number of carboxylic acid groups (broad SMARTS) is 1. The third-order valence-corrected chi connectivity index (χ3v) is 15.5. The third-order valence-electron chi connectivity index (χ3n) is 13.1. The van der Waals surface area contributed by atoms with Gasteiger partial charge in [0.25, 0.3) is 20.2 Å². The topological polar surface area (TPSA) is 222 Å². The lowest BCUT2D eigenvalue weighted by molar-refractivity contribution is -0.438. The van der Waals surface area contributed by atoms with E-state index < -0.39 is 47.5 Å². The van der Waals surface area contributed by atoms with Crippen molar-refractivity contribution in [2.45, 2.75) is 146 Å². The summed E-state index contributed by atoms with van der Waals surface area (Å²) in [5.41, 5.74) is 7.83. The molecular formula is C49H69N3O11S3. The van der Waals surface area contributed by atoms with Crippen molar-refractivity contribution in [3.8, 4) is 0 Å². The number of para-hydroxylation sites is 1. The van der Waals surface area contributed by atoms with Crippen LogP contribution >= 0.6 is 0 Å². The van der Waals surface area contributed by atoms with E-state index in [2.05, 4.69) is 65.1 Å². The molecule has 0 fully saturated rings. The summed E-state index contributed by atoms with van der Waals surface area (Å²) >= 11 is 0. The molecule has 0 radical (unpaired) electrons. The Morgan fingerprint density at radius 3 is 2.11 bits per heavy atom. The van der Waals surface area contributed by atoms with E-state index in [0.717, 1.165) is 116 Å². The predicted octanol–water partition coefficient (Wildman–Crippen LogP) is 9.09. The van der Waals surface area contributed by atoms with E-state index in [1.807, 2.05) is 26.0 Å². The number of nitrogens with zero attached hydrogens (tertiary/aromatic N) is 2. The number of hydrogen-bond acceptors (Lipinski definition) is 10. The number of allylic oxidation sites excluding steroid dienone is 7. The van der Waals surface area contributed by atoms with Crippen LogP contribution in [0, 0.1) is 0 Å². The molecule has 0 amide bonds. The molecule has 2 heterocycles. The van der Waals surface area contributed by atoms with Gasteiger partial charge in [-0.15, -0.1) is 0 Å². The molecule has 3 aliphatic rings. The zero-order valence-electron chi connectivity index (χ0n) is 38.9. The highest BCUT2D eigenvalue weighted by molar-refractivity contribution is 7.86. The molecule has 14 nitrogen and oxygen atoms in total. The number of benzene rings is 2. The fourth-order valence-corrected chi connectivity index (χ4v) is 11.2. The van der Waals surface area contributed by atoms with Crippen LogP contribution in [0.1, 0.15) is 142 Å². The van der Waals surface area contributed by atoms with E-state index in [1.165, 1.54) is 12.1 Å². The third kappa shape index (κ3) is 14.4. The maximum Gasteiger partial charge on any atom is 0.303 e. The molecule has 0 unspecified atom stereocenters. The predicted molar refractivity (Wildman–Crippen MR) is 259 cm³/mol. The fourth-order valence-electron chi connectivity index (χ4n) is 9.56. The summed E-state index contributed by atoms with van der Waals surface area (Å²) in [5.74, 6) is -1.53. The summed E-state index contributed by atoms with van der Waals surface area (Å²) in [6.45, 7) is 10.1. The van der Waals surface area contributed by atoms with Gasteiger partial charge in [-0.1, -0.05) is 82.7 Å². The molecular weight excluding hydrogens is 903 g/mol. The fraction of sp³-hybridized carbons (Fsp3) is 0.551. The second-order valence-electron chi connectivity index (χ2n) is 18.8. The molecule has 4 N–H and O–H groups in total. The molecule has 1 aliphatic carbocycles. The zero-order valence-corrected chi connectivity index (χ0v) is 41.4. The van der Waals surface area contributed by atoms with Crippen LogP contribution in [0.2, 0.25) is 0 Å². The van der Waals surface area contributed by atoms with Crippen LogP contribution in [0.3, 0.4) is 0 Å². The van der Waals surface area contributed by atoms with Crippen LogP contribution in [0.15, 0.2) is 94.2 Å². The number of nitrogens with one attached hydrogen (secondary N) is 1. The molecule has 5 rings (SSSR count). The lowest BCUT2D eigenvalue weighted by atomic mass is 9.81. The lowest BCUT2D eigenvalue weighted by Gasteiger charge is -2.28. The van der Waals surface area contributed by atoms with Gasteiger partial charge in [0.1, 0.15) is 6.54 Å². The summed E-state index contributed by atoms with van der Waals surface area (Å²) in [6, 6.07) is 12.7. The summed E-state index contributed by atoms with van der Waals surface area (Å²) in [7, 11) is -12.9. The van der Waals surface area contributed by atoms with Crippen molar-refractivity contribution in [1.82, 2.24) is 5.32 Å². The van der Waals surface area contributed by atoms with Crippen LogP contribution in [0.5, 0.6) is 0 Å². The van der Waals surface area contributed by atoms with Gasteiger partial charge in [-0.25, -0.2) is 8.42 Å². The van der Waals surface area contributed by atoms with Crippen LogP contribution in [-0.2, 0) is 46.0 Å². The van der Waals surface area contributed by atoms with Crippen LogP contribution in [0.4, 0.5) is 11.4 Å². The Labute approximate surface area is 392 Å². The minimum atomic E-state index is -4.48. The summed E-state index contributed by atoms with van der Waals surface area (Å²) < 4.78 is 103. The van der Waals surface area contributed by atoms with Crippen molar-refractivity contribution >= 4 is 53.4 Å². The smallest absolute Gasteiger partial charge is 0.303 e. The molecule has 2 aromatic carbocycles. The molecule has 0 bridgehead atoms. The monoisotopic (exact) mass is 971 g/mol. The molecule has 2 aliphatic heterocycles. The van der Waals surface area contributed by atoms with E-state index in [4.69, 9.17) is 5.11 Å². The van der Waals surface area contributed by atoms with Crippen LogP contribution in [-0.4, -0.2) is 91.4 Å². The van der Waals surface area contributed by atoms with Crippen LogP contribution in [0.25, 0.3) is 0 Å². The van der Waals surface area contributed by atoms with Crippen molar-refractivity contribution in [3.05, 3.63) is 100 Å². The number of anilines is 1. The Hall–Kier alpha value is -4.13. The molecule has 2 aromatic rings. The highest BCUT2D eigenvalue weighted by atomic mass is 32.2. The molecule has 0 aromatic heterocycles. The highest BCUT2D eigenvalue weighted by Gasteiger charge is 2.44. The first-order chi connectivity index (χ1) is 31.0. The molecule has 0 saturated carbocycles. The zero-order chi connectivity index (χ0) is 48.3. The van der Waals surface area contributed by atoms with E-state index >= 15 is 0 Å². The largest absolute Gasteiger partial charge is 0.748 e. The van der Waals surface area contributed by atoms with E-state index in [9.17, 15) is 43.7 Å². The Morgan fingerprint density at radius 1 is 0.773 bits per heavy atom. The Kier molecular flexibility index (Phi) is 18.2. The SMILES string of the molecule is CC1(C)C(/C=C/C2=C(NCCCCCCCCCCC(=O)O)C(=C/C=C3/N(CCCCS(=O)(=O)O)c4ccc(S(=O)(=O)O)cc4C3(C)C)/CCC2)=[N+](CCCCS(=O)(=O)[O-])c2ccccc21. The van der Waals surface area contributed by atoms with Gasteiger partial charge in [0.2, 0.25) is 5.69 Å².